The zero-order chi connectivity index (χ0) is 22.1. The van der Waals surface area contributed by atoms with Crippen LogP contribution in [-0.2, 0) is 21.7 Å². The highest BCUT2D eigenvalue weighted by Crippen LogP contribution is 2.31. The Morgan fingerprint density at radius 1 is 1.30 bits per heavy atom. The lowest BCUT2D eigenvalue weighted by Crippen LogP contribution is -2.54. The second-order valence-electron chi connectivity index (χ2n) is 6.28. The zero-order valence-corrected chi connectivity index (χ0v) is 17.5. The van der Waals surface area contributed by atoms with E-state index in [1.807, 2.05) is 0 Å². The van der Waals surface area contributed by atoms with Crippen molar-refractivity contribution in [3.05, 3.63) is 35.4 Å². The molecular formula is C17H17F3N4O4S2. The largest absolute Gasteiger partial charge is 0.437 e. The van der Waals surface area contributed by atoms with E-state index < -0.39 is 40.8 Å². The smallest absolute Gasteiger partial charge is 0.416 e. The highest BCUT2D eigenvalue weighted by Gasteiger charge is 2.38. The lowest BCUT2D eigenvalue weighted by Gasteiger charge is -2.37. The SMILES string of the molecule is CCS(=O)c1nnc(N2C(=O)N(C)CCC2OC(=O)c2ccc(C(F)(F)F)cc2)s1. The van der Waals surface area contributed by atoms with Crippen LogP contribution in [0, 0.1) is 0 Å². The van der Waals surface area contributed by atoms with Gasteiger partial charge in [-0.1, -0.05) is 18.3 Å². The molecule has 0 bridgehead atoms. The molecule has 1 aliphatic heterocycles. The van der Waals surface area contributed by atoms with Gasteiger partial charge in [-0.05, 0) is 24.3 Å². The topological polar surface area (TPSA) is 92.7 Å². The van der Waals surface area contributed by atoms with E-state index in [9.17, 15) is 27.0 Å². The maximum Gasteiger partial charge on any atom is 0.416 e. The van der Waals surface area contributed by atoms with Crippen molar-refractivity contribution in [3.8, 4) is 0 Å². The molecule has 2 aromatic rings. The number of alkyl halides is 3. The van der Waals surface area contributed by atoms with Gasteiger partial charge in [0.1, 0.15) is 0 Å². The number of urea groups is 1. The van der Waals surface area contributed by atoms with Gasteiger partial charge in [0.05, 0.1) is 21.9 Å². The fraction of sp³-hybridized carbons (Fsp3) is 0.412. The molecule has 1 aromatic carbocycles. The van der Waals surface area contributed by atoms with Gasteiger partial charge >= 0.3 is 18.2 Å². The summed E-state index contributed by atoms with van der Waals surface area (Å²) < 4.78 is 55.7. The third-order valence-electron chi connectivity index (χ3n) is 4.28. The van der Waals surface area contributed by atoms with Crippen molar-refractivity contribution in [1.29, 1.82) is 0 Å². The van der Waals surface area contributed by atoms with Crippen LogP contribution in [0.1, 0.15) is 29.3 Å². The summed E-state index contributed by atoms with van der Waals surface area (Å²) in [7, 11) is 0.203. The molecule has 2 heterocycles. The van der Waals surface area contributed by atoms with Gasteiger partial charge < -0.3 is 9.64 Å². The molecule has 2 unspecified atom stereocenters. The molecule has 0 spiro atoms. The van der Waals surface area contributed by atoms with Gasteiger partial charge in [0, 0.05) is 25.8 Å². The summed E-state index contributed by atoms with van der Waals surface area (Å²) in [4.78, 5) is 27.7. The Kier molecular flexibility index (Phi) is 6.41. The lowest BCUT2D eigenvalue weighted by atomic mass is 10.1. The number of amides is 2. The zero-order valence-electron chi connectivity index (χ0n) is 15.9. The number of halogens is 3. The van der Waals surface area contributed by atoms with Crippen molar-refractivity contribution >= 4 is 39.3 Å². The molecule has 1 aromatic heterocycles. The number of carbonyl (C=O) groups is 2. The van der Waals surface area contributed by atoms with Crippen molar-refractivity contribution in [2.24, 2.45) is 0 Å². The van der Waals surface area contributed by atoms with Gasteiger partial charge in [-0.15, -0.1) is 10.2 Å². The first kappa shape index (κ1) is 22.2. The molecule has 13 heteroatoms. The molecule has 1 fully saturated rings. The molecule has 0 radical (unpaired) electrons. The van der Waals surface area contributed by atoms with Crippen molar-refractivity contribution < 1.29 is 31.7 Å². The van der Waals surface area contributed by atoms with Gasteiger partial charge in [0.2, 0.25) is 9.47 Å². The Hall–Kier alpha value is -2.54. The van der Waals surface area contributed by atoms with Crippen molar-refractivity contribution in [3.63, 3.8) is 0 Å². The number of nitrogens with zero attached hydrogens (tertiary/aromatic N) is 4. The third kappa shape index (κ3) is 4.61. The van der Waals surface area contributed by atoms with Crippen LogP contribution in [0.4, 0.5) is 23.1 Å². The Balaban J connectivity index is 1.82. The Morgan fingerprint density at radius 2 is 1.97 bits per heavy atom. The standard InChI is InChI=1S/C17H17F3N4O4S2/c1-3-30(27)15-22-21-14(29-15)24-12(8-9-23(2)16(24)26)28-13(25)10-4-6-11(7-5-10)17(18,19)20/h4-7,12H,3,8-9H2,1-2H3. The summed E-state index contributed by atoms with van der Waals surface area (Å²) in [5, 5.41) is 7.85. The van der Waals surface area contributed by atoms with Crippen LogP contribution in [0.25, 0.3) is 0 Å². The summed E-state index contributed by atoms with van der Waals surface area (Å²) in [6.07, 6.45) is -5.30. The van der Waals surface area contributed by atoms with Crippen LogP contribution < -0.4 is 4.90 Å². The van der Waals surface area contributed by atoms with Crippen LogP contribution in [0.3, 0.4) is 0 Å². The molecule has 30 heavy (non-hydrogen) atoms. The number of benzene rings is 1. The second-order valence-corrected chi connectivity index (χ2v) is 9.15. The molecule has 0 aliphatic carbocycles. The number of hydrogen-bond acceptors (Lipinski definition) is 7. The van der Waals surface area contributed by atoms with E-state index in [2.05, 4.69) is 10.2 Å². The van der Waals surface area contributed by atoms with E-state index in [4.69, 9.17) is 4.74 Å². The van der Waals surface area contributed by atoms with Crippen LogP contribution in [0.5, 0.6) is 0 Å². The van der Waals surface area contributed by atoms with E-state index in [1.54, 1.807) is 14.0 Å². The van der Waals surface area contributed by atoms with Gasteiger partial charge in [-0.2, -0.15) is 13.2 Å². The number of esters is 1. The van der Waals surface area contributed by atoms with E-state index >= 15 is 0 Å². The van der Waals surface area contributed by atoms with Gasteiger partial charge in [0.15, 0.2) is 6.23 Å². The molecule has 2 atom stereocenters. The minimum Gasteiger partial charge on any atom is -0.437 e. The molecule has 2 amide bonds. The fourth-order valence-electron chi connectivity index (χ4n) is 2.65. The molecule has 8 nitrogen and oxygen atoms in total. The normalized spacial score (nSPS) is 18.4. The molecule has 162 valence electrons. The molecule has 0 saturated carbocycles. The highest BCUT2D eigenvalue weighted by molar-refractivity contribution is 7.87. The number of ether oxygens (including phenoxy) is 1. The third-order valence-corrected chi connectivity index (χ3v) is 6.80. The van der Waals surface area contributed by atoms with E-state index in [0.29, 0.717) is 12.3 Å². The van der Waals surface area contributed by atoms with Crippen molar-refractivity contribution in [2.75, 3.05) is 24.2 Å². The number of rotatable bonds is 5. The second kappa shape index (κ2) is 8.68. The summed E-state index contributed by atoms with van der Waals surface area (Å²) in [5.74, 6) is -0.549. The monoisotopic (exact) mass is 462 g/mol. The summed E-state index contributed by atoms with van der Waals surface area (Å²) >= 11 is 0.949. The molecule has 1 aliphatic rings. The predicted molar refractivity (Wildman–Crippen MR) is 103 cm³/mol. The van der Waals surface area contributed by atoms with E-state index in [1.165, 1.54) is 4.90 Å². The highest BCUT2D eigenvalue weighted by atomic mass is 32.2. The molecule has 3 rings (SSSR count). The average molecular weight is 462 g/mol. The number of anilines is 1. The Morgan fingerprint density at radius 3 is 2.57 bits per heavy atom. The van der Waals surface area contributed by atoms with Crippen LogP contribution in [0.2, 0.25) is 0 Å². The van der Waals surface area contributed by atoms with Crippen LogP contribution in [0.15, 0.2) is 28.6 Å². The average Bonchev–Trinajstić information content (AvgIpc) is 3.19. The number of carbonyl (C=O) groups excluding carboxylic acids is 2. The van der Waals surface area contributed by atoms with Crippen molar-refractivity contribution in [1.82, 2.24) is 15.1 Å². The first-order chi connectivity index (χ1) is 14.1. The number of hydrogen-bond donors (Lipinski definition) is 0. The fourth-order valence-corrected chi connectivity index (χ4v) is 4.60. The maximum atomic E-state index is 12.7. The summed E-state index contributed by atoms with van der Waals surface area (Å²) in [5.41, 5.74) is -0.972. The first-order valence-corrected chi connectivity index (χ1v) is 10.9. The van der Waals surface area contributed by atoms with Crippen molar-refractivity contribution in [2.45, 2.75) is 30.1 Å². The van der Waals surface area contributed by atoms with Crippen LogP contribution in [-0.4, -0.2) is 56.9 Å². The molecule has 1 saturated heterocycles. The Bertz CT molecular complexity index is 965. The minimum absolute atomic E-state index is 0.0839. The summed E-state index contributed by atoms with van der Waals surface area (Å²) in [6.45, 7) is 2.01. The molecular weight excluding hydrogens is 445 g/mol. The lowest BCUT2D eigenvalue weighted by molar-refractivity contribution is -0.137. The van der Waals surface area contributed by atoms with Gasteiger partial charge in [-0.25, -0.2) is 14.5 Å². The number of aromatic nitrogens is 2. The van der Waals surface area contributed by atoms with Gasteiger partial charge in [0.25, 0.3) is 0 Å². The first-order valence-electron chi connectivity index (χ1n) is 8.76. The predicted octanol–water partition coefficient (Wildman–Crippen LogP) is 3.13. The van der Waals surface area contributed by atoms with E-state index in [-0.39, 0.29) is 21.5 Å². The minimum atomic E-state index is -4.52. The van der Waals surface area contributed by atoms with Gasteiger partial charge in [-0.3, -0.25) is 4.21 Å². The Labute approximate surface area is 176 Å². The maximum absolute atomic E-state index is 12.7. The quantitative estimate of drug-likeness (QED) is 0.501. The summed E-state index contributed by atoms with van der Waals surface area (Å²) in [6, 6.07) is 3.10. The van der Waals surface area contributed by atoms with E-state index in [0.717, 1.165) is 40.5 Å². The molecule has 0 N–H and O–H groups in total. The van der Waals surface area contributed by atoms with Crippen LogP contribution >= 0.6 is 11.3 Å².